The number of hydrogen-bond donors (Lipinski definition) is 1. The molecule has 0 radical (unpaired) electrons. The van der Waals surface area contributed by atoms with Gasteiger partial charge in [-0.25, -0.2) is 4.98 Å². The number of rotatable bonds is 4. The standard InChI is InChI=1S/C13H13F3N4O2/c1-20(2)7-8-6-10(19-22-8)12(21)18-9-4-3-5-17-11(9)13(14,15)16/h3-6H,7H2,1-2H3,(H,18,21). The number of carbonyl (C=O) groups is 1. The predicted molar refractivity (Wildman–Crippen MR) is 71.1 cm³/mol. The van der Waals surface area contributed by atoms with E-state index in [0.29, 0.717) is 12.3 Å². The molecule has 1 amide bonds. The maximum Gasteiger partial charge on any atom is 0.435 e. The largest absolute Gasteiger partial charge is 0.435 e. The molecule has 2 aromatic rings. The minimum absolute atomic E-state index is 0.103. The molecule has 0 unspecified atom stereocenters. The van der Waals surface area contributed by atoms with Gasteiger partial charge in [0.25, 0.3) is 5.91 Å². The van der Waals surface area contributed by atoms with E-state index in [1.807, 2.05) is 0 Å². The first-order valence-corrected chi connectivity index (χ1v) is 6.21. The fourth-order valence-corrected chi connectivity index (χ4v) is 1.72. The highest BCUT2D eigenvalue weighted by molar-refractivity contribution is 6.03. The number of pyridine rings is 1. The zero-order valence-corrected chi connectivity index (χ0v) is 11.8. The number of hydrogen-bond acceptors (Lipinski definition) is 5. The highest BCUT2D eigenvalue weighted by Crippen LogP contribution is 2.32. The summed E-state index contributed by atoms with van der Waals surface area (Å²) < 4.78 is 43.3. The number of alkyl halides is 3. The smallest absolute Gasteiger partial charge is 0.359 e. The van der Waals surface area contributed by atoms with Crippen LogP contribution < -0.4 is 5.32 Å². The van der Waals surface area contributed by atoms with E-state index in [-0.39, 0.29) is 5.69 Å². The first-order valence-electron chi connectivity index (χ1n) is 6.21. The van der Waals surface area contributed by atoms with E-state index in [2.05, 4.69) is 15.5 Å². The van der Waals surface area contributed by atoms with Crippen LogP contribution in [0.15, 0.2) is 28.9 Å². The van der Waals surface area contributed by atoms with E-state index in [1.54, 1.807) is 19.0 Å². The highest BCUT2D eigenvalue weighted by Gasteiger charge is 2.35. The van der Waals surface area contributed by atoms with E-state index >= 15 is 0 Å². The molecule has 0 aromatic carbocycles. The average Bonchev–Trinajstić information content (AvgIpc) is 2.86. The molecule has 0 aliphatic heterocycles. The maximum atomic E-state index is 12.8. The lowest BCUT2D eigenvalue weighted by molar-refractivity contribution is -0.140. The summed E-state index contributed by atoms with van der Waals surface area (Å²) in [5.74, 6) is -0.371. The summed E-state index contributed by atoms with van der Waals surface area (Å²) in [4.78, 5) is 17.0. The Kier molecular flexibility index (Phi) is 4.45. The number of nitrogens with zero attached hydrogens (tertiary/aromatic N) is 3. The lowest BCUT2D eigenvalue weighted by Crippen LogP contribution is -2.18. The van der Waals surface area contributed by atoms with Crippen molar-refractivity contribution in [3.63, 3.8) is 0 Å². The molecule has 0 aliphatic carbocycles. The van der Waals surface area contributed by atoms with Crippen molar-refractivity contribution in [2.45, 2.75) is 12.7 Å². The number of anilines is 1. The summed E-state index contributed by atoms with van der Waals surface area (Å²) in [6.07, 6.45) is -3.66. The van der Waals surface area contributed by atoms with Crippen LogP contribution >= 0.6 is 0 Å². The van der Waals surface area contributed by atoms with Gasteiger partial charge >= 0.3 is 6.18 Å². The molecule has 2 heterocycles. The topological polar surface area (TPSA) is 71.3 Å². The predicted octanol–water partition coefficient (Wildman–Crippen LogP) is 2.40. The molecule has 0 aliphatic rings. The fraction of sp³-hybridized carbons (Fsp3) is 0.308. The SMILES string of the molecule is CN(C)Cc1cc(C(=O)Nc2cccnc2C(F)(F)F)no1. The summed E-state index contributed by atoms with van der Waals surface area (Å²) in [5, 5.41) is 5.68. The Labute approximate surface area is 123 Å². The van der Waals surface area contributed by atoms with Crippen molar-refractivity contribution in [3.05, 3.63) is 41.5 Å². The van der Waals surface area contributed by atoms with Gasteiger partial charge < -0.3 is 14.7 Å². The van der Waals surface area contributed by atoms with Crippen LogP contribution in [0.1, 0.15) is 21.9 Å². The van der Waals surface area contributed by atoms with E-state index in [4.69, 9.17) is 4.52 Å². The third-order valence-electron chi connectivity index (χ3n) is 2.59. The molecule has 2 rings (SSSR count). The molecule has 1 N–H and O–H groups in total. The Morgan fingerprint density at radius 2 is 2.14 bits per heavy atom. The van der Waals surface area contributed by atoms with Gasteiger partial charge in [0.15, 0.2) is 17.1 Å². The molecule has 0 bridgehead atoms. The lowest BCUT2D eigenvalue weighted by Gasteiger charge is -2.11. The third kappa shape index (κ3) is 3.82. The molecular formula is C13H13F3N4O2. The van der Waals surface area contributed by atoms with Gasteiger partial charge in [-0.3, -0.25) is 4.79 Å². The summed E-state index contributed by atoms with van der Waals surface area (Å²) in [5.41, 5.74) is -1.70. The van der Waals surface area contributed by atoms with Crippen molar-refractivity contribution in [3.8, 4) is 0 Å². The van der Waals surface area contributed by atoms with Crippen LogP contribution in [-0.2, 0) is 12.7 Å². The van der Waals surface area contributed by atoms with Gasteiger partial charge in [0.05, 0.1) is 12.2 Å². The fourth-order valence-electron chi connectivity index (χ4n) is 1.72. The van der Waals surface area contributed by atoms with Crippen molar-refractivity contribution in [2.24, 2.45) is 0 Å². The van der Waals surface area contributed by atoms with Crippen molar-refractivity contribution in [1.29, 1.82) is 0 Å². The Hall–Kier alpha value is -2.42. The molecule has 0 saturated carbocycles. The number of nitrogens with one attached hydrogen (secondary N) is 1. The van der Waals surface area contributed by atoms with Crippen molar-refractivity contribution < 1.29 is 22.5 Å². The number of halogens is 3. The number of amides is 1. The second-order valence-corrected chi connectivity index (χ2v) is 4.77. The summed E-state index contributed by atoms with van der Waals surface area (Å²) in [7, 11) is 3.60. The molecule has 0 fully saturated rings. The van der Waals surface area contributed by atoms with Crippen LogP contribution in [0, 0.1) is 0 Å². The second kappa shape index (κ2) is 6.14. The molecule has 9 heteroatoms. The molecule has 6 nitrogen and oxygen atoms in total. The monoisotopic (exact) mass is 314 g/mol. The minimum Gasteiger partial charge on any atom is -0.359 e. The van der Waals surface area contributed by atoms with Crippen LogP contribution in [0.3, 0.4) is 0 Å². The Balaban J connectivity index is 2.18. The van der Waals surface area contributed by atoms with E-state index < -0.39 is 23.5 Å². The zero-order chi connectivity index (χ0) is 16.3. The van der Waals surface area contributed by atoms with Gasteiger partial charge in [0.1, 0.15) is 0 Å². The Morgan fingerprint density at radius 3 is 2.77 bits per heavy atom. The molecule has 0 atom stereocenters. The molecule has 2 aromatic heterocycles. The van der Waals surface area contributed by atoms with Gasteiger partial charge in [0, 0.05) is 12.3 Å². The van der Waals surface area contributed by atoms with Crippen LogP contribution in [0.2, 0.25) is 0 Å². The first kappa shape index (κ1) is 16.0. The van der Waals surface area contributed by atoms with Gasteiger partial charge in [-0.15, -0.1) is 0 Å². The van der Waals surface area contributed by atoms with E-state index in [9.17, 15) is 18.0 Å². The van der Waals surface area contributed by atoms with Crippen molar-refractivity contribution >= 4 is 11.6 Å². The Morgan fingerprint density at radius 1 is 1.41 bits per heavy atom. The first-order chi connectivity index (χ1) is 10.3. The molecule has 0 spiro atoms. The maximum absolute atomic E-state index is 12.8. The number of aromatic nitrogens is 2. The van der Waals surface area contributed by atoms with Crippen LogP contribution in [0.4, 0.5) is 18.9 Å². The van der Waals surface area contributed by atoms with E-state index in [1.165, 1.54) is 12.1 Å². The van der Waals surface area contributed by atoms with Gasteiger partial charge in [-0.2, -0.15) is 13.2 Å². The third-order valence-corrected chi connectivity index (χ3v) is 2.59. The molecule has 118 valence electrons. The zero-order valence-electron chi connectivity index (χ0n) is 11.8. The quantitative estimate of drug-likeness (QED) is 0.938. The average molecular weight is 314 g/mol. The van der Waals surface area contributed by atoms with E-state index in [0.717, 1.165) is 12.3 Å². The van der Waals surface area contributed by atoms with Crippen molar-refractivity contribution in [1.82, 2.24) is 15.0 Å². The van der Waals surface area contributed by atoms with Gasteiger partial charge in [-0.1, -0.05) is 5.16 Å². The Bertz CT molecular complexity index is 667. The normalized spacial score (nSPS) is 11.7. The lowest BCUT2D eigenvalue weighted by atomic mass is 10.2. The van der Waals surface area contributed by atoms with Gasteiger partial charge in [-0.05, 0) is 26.2 Å². The minimum atomic E-state index is -4.66. The summed E-state index contributed by atoms with van der Waals surface area (Å²) in [6.45, 7) is 0.418. The second-order valence-electron chi connectivity index (χ2n) is 4.77. The summed E-state index contributed by atoms with van der Waals surface area (Å²) >= 11 is 0. The van der Waals surface area contributed by atoms with Crippen molar-refractivity contribution in [2.75, 3.05) is 19.4 Å². The van der Waals surface area contributed by atoms with Crippen LogP contribution in [0.25, 0.3) is 0 Å². The highest BCUT2D eigenvalue weighted by atomic mass is 19.4. The van der Waals surface area contributed by atoms with Crippen LogP contribution in [0.5, 0.6) is 0 Å². The molecule has 22 heavy (non-hydrogen) atoms. The summed E-state index contributed by atoms with van der Waals surface area (Å²) in [6, 6.07) is 3.79. The molecule has 0 saturated heterocycles. The van der Waals surface area contributed by atoms with Gasteiger partial charge in [0.2, 0.25) is 0 Å². The van der Waals surface area contributed by atoms with Crippen LogP contribution in [-0.4, -0.2) is 35.0 Å². The molecular weight excluding hydrogens is 301 g/mol. The number of carbonyl (C=O) groups excluding carboxylic acids is 1.